The van der Waals surface area contributed by atoms with Gasteiger partial charge in [-0.1, -0.05) is 12.5 Å². The third-order valence-corrected chi connectivity index (χ3v) is 3.44. The average molecular weight is 286 g/mol. The van der Waals surface area contributed by atoms with Gasteiger partial charge < -0.3 is 10.6 Å². The van der Waals surface area contributed by atoms with Gasteiger partial charge in [0.2, 0.25) is 5.91 Å². The molecule has 1 heterocycles. The van der Waals surface area contributed by atoms with Crippen molar-refractivity contribution >= 4 is 11.6 Å². The smallest absolute Gasteiger partial charge is 0.325 e. The van der Waals surface area contributed by atoms with Crippen molar-refractivity contribution in [1.29, 1.82) is 0 Å². The van der Waals surface area contributed by atoms with Crippen LogP contribution in [0, 0.1) is 6.92 Å². The summed E-state index contributed by atoms with van der Waals surface area (Å²) in [7, 11) is 0. The third-order valence-electron chi connectivity index (χ3n) is 3.44. The first-order chi connectivity index (χ1) is 9.38. The van der Waals surface area contributed by atoms with Gasteiger partial charge in [0.05, 0.1) is 11.6 Å². The molecule has 6 heteroatoms. The first-order valence-electron chi connectivity index (χ1n) is 6.60. The number of alkyl halides is 3. The van der Waals surface area contributed by atoms with E-state index in [9.17, 15) is 18.0 Å². The number of amides is 1. The van der Waals surface area contributed by atoms with E-state index in [-0.39, 0.29) is 23.2 Å². The monoisotopic (exact) mass is 286 g/mol. The summed E-state index contributed by atoms with van der Waals surface area (Å²) in [4.78, 5) is 12.0. The van der Waals surface area contributed by atoms with Crippen LogP contribution in [0.15, 0.2) is 18.2 Å². The molecule has 1 atom stereocenters. The Labute approximate surface area is 115 Å². The van der Waals surface area contributed by atoms with Crippen LogP contribution in [0.2, 0.25) is 0 Å². The molecular weight excluding hydrogens is 269 g/mol. The SMILES string of the molecule is Cc1ccc(NC(=O)[C@H]2CCCCN2)cc1C(F)(F)F. The third kappa shape index (κ3) is 3.50. The summed E-state index contributed by atoms with van der Waals surface area (Å²) in [5.41, 5.74) is -0.390. The van der Waals surface area contributed by atoms with Crippen LogP contribution in [0.25, 0.3) is 0 Å². The second-order valence-corrected chi connectivity index (χ2v) is 5.02. The second kappa shape index (κ2) is 5.83. The van der Waals surface area contributed by atoms with E-state index in [1.54, 1.807) is 0 Å². The lowest BCUT2D eigenvalue weighted by Gasteiger charge is -2.22. The Bertz CT molecular complexity index is 494. The molecular formula is C14H17F3N2O. The Morgan fingerprint density at radius 1 is 1.35 bits per heavy atom. The fraction of sp³-hybridized carbons (Fsp3) is 0.500. The van der Waals surface area contributed by atoms with Gasteiger partial charge in [-0.3, -0.25) is 4.79 Å². The van der Waals surface area contributed by atoms with Gasteiger partial charge in [-0.15, -0.1) is 0 Å². The van der Waals surface area contributed by atoms with E-state index in [1.165, 1.54) is 19.1 Å². The van der Waals surface area contributed by atoms with Crippen LogP contribution in [0.3, 0.4) is 0 Å². The first kappa shape index (κ1) is 14.8. The van der Waals surface area contributed by atoms with E-state index in [0.717, 1.165) is 25.5 Å². The van der Waals surface area contributed by atoms with Gasteiger partial charge in [-0.25, -0.2) is 0 Å². The highest BCUT2D eigenvalue weighted by Gasteiger charge is 2.32. The quantitative estimate of drug-likeness (QED) is 0.877. The number of hydrogen-bond donors (Lipinski definition) is 2. The van der Waals surface area contributed by atoms with Crippen molar-refractivity contribution in [3.8, 4) is 0 Å². The predicted octanol–water partition coefficient (Wildman–Crippen LogP) is 3.09. The Morgan fingerprint density at radius 3 is 2.70 bits per heavy atom. The number of hydrogen-bond acceptors (Lipinski definition) is 2. The molecule has 0 unspecified atom stereocenters. The van der Waals surface area contributed by atoms with Crippen LogP contribution in [-0.2, 0) is 11.0 Å². The van der Waals surface area contributed by atoms with Crippen LogP contribution in [0.5, 0.6) is 0 Å². The van der Waals surface area contributed by atoms with Crippen molar-refractivity contribution in [2.24, 2.45) is 0 Å². The molecule has 1 aliphatic heterocycles. The second-order valence-electron chi connectivity index (χ2n) is 5.02. The summed E-state index contributed by atoms with van der Waals surface area (Å²) >= 11 is 0. The molecule has 1 aromatic rings. The van der Waals surface area contributed by atoms with Crippen molar-refractivity contribution in [1.82, 2.24) is 5.32 Å². The van der Waals surface area contributed by atoms with Crippen molar-refractivity contribution in [2.75, 3.05) is 11.9 Å². The molecule has 1 saturated heterocycles. The highest BCUT2D eigenvalue weighted by molar-refractivity contribution is 5.95. The topological polar surface area (TPSA) is 41.1 Å². The number of halogens is 3. The number of aryl methyl sites for hydroxylation is 1. The average Bonchev–Trinajstić information content (AvgIpc) is 2.40. The summed E-state index contributed by atoms with van der Waals surface area (Å²) < 4.78 is 38.4. The summed E-state index contributed by atoms with van der Waals surface area (Å²) in [6, 6.07) is 3.52. The lowest BCUT2D eigenvalue weighted by Crippen LogP contribution is -2.43. The number of piperidine rings is 1. The van der Waals surface area contributed by atoms with E-state index in [0.29, 0.717) is 6.42 Å². The van der Waals surface area contributed by atoms with Crippen molar-refractivity contribution in [3.05, 3.63) is 29.3 Å². The maximum absolute atomic E-state index is 12.8. The minimum Gasteiger partial charge on any atom is -0.325 e. The lowest BCUT2D eigenvalue weighted by molar-refractivity contribution is -0.138. The molecule has 3 nitrogen and oxygen atoms in total. The number of rotatable bonds is 2. The molecule has 1 amide bonds. The molecule has 0 spiro atoms. The van der Waals surface area contributed by atoms with Gasteiger partial charge in [0, 0.05) is 5.69 Å². The predicted molar refractivity (Wildman–Crippen MR) is 70.5 cm³/mol. The van der Waals surface area contributed by atoms with E-state index in [2.05, 4.69) is 10.6 Å². The van der Waals surface area contributed by atoms with Crippen LogP contribution < -0.4 is 10.6 Å². The van der Waals surface area contributed by atoms with Crippen LogP contribution >= 0.6 is 0 Å². The Hall–Kier alpha value is -1.56. The molecule has 2 N–H and O–H groups in total. The largest absolute Gasteiger partial charge is 0.416 e. The summed E-state index contributed by atoms with van der Waals surface area (Å²) in [6.07, 6.45) is -1.73. The number of anilines is 1. The summed E-state index contributed by atoms with van der Waals surface area (Å²) in [5, 5.41) is 5.61. The van der Waals surface area contributed by atoms with Crippen LogP contribution in [0.4, 0.5) is 18.9 Å². The zero-order valence-electron chi connectivity index (χ0n) is 11.2. The zero-order valence-corrected chi connectivity index (χ0v) is 11.2. The van der Waals surface area contributed by atoms with Crippen molar-refractivity contribution in [3.63, 3.8) is 0 Å². The standard InChI is InChI=1S/C14H17F3N2O/c1-9-5-6-10(8-11(9)14(15,16)17)19-13(20)12-4-2-3-7-18-12/h5-6,8,12,18H,2-4,7H2,1H3,(H,19,20)/t12-/m1/s1. The van der Waals surface area contributed by atoms with Crippen LogP contribution in [-0.4, -0.2) is 18.5 Å². The summed E-state index contributed by atoms with van der Waals surface area (Å²) in [5.74, 6) is -0.276. The fourth-order valence-corrected chi connectivity index (χ4v) is 2.31. The van der Waals surface area contributed by atoms with Crippen molar-refractivity contribution < 1.29 is 18.0 Å². The number of benzene rings is 1. The molecule has 0 radical (unpaired) electrons. The maximum Gasteiger partial charge on any atom is 0.416 e. The normalized spacial score (nSPS) is 19.7. The lowest BCUT2D eigenvalue weighted by atomic mass is 10.0. The van der Waals surface area contributed by atoms with Gasteiger partial charge in [0.15, 0.2) is 0 Å². The summed E-state index contributed by atoms with van der Waals surface area (Å²) in [6.45, 7) is 2.16. The highest BCUT2D eigenvalue weighted by Crippen LogP contribution is 2.33. The molecule has 0 aliphatic carbocycles. The van der Waals surface area contributed by atoms with E-state index in [1.807, 2.05) is 0 Å². The van der Waals surface area contributed by atoms with Crippen molar-refractivity contribution in [2.45, 2.75) is 38.4 Å². The maximum atomic E-state index is 12.8. The molecule has 0 aromatic heterocycles. The Balaban J connectivity index is 2.11. The minimum absolute atomic E-state index is 0.145. The van der Waals surface area contributed by atoms with E-state index < -0.39 is 11.7 Å². The number of nitrogens with one attached hydrogen (secondary N) is 2. The molecule has 1 fully saturated rings. The van der Waals surface area contributed by atoms with Gasteiger partial charge in [-0.05, 0) is 44.0 Å². The minimum atomic E-state index is -4.41. The molecule has 2 rings (SSSR count). The van der Waals surface area contributed by atoms with Gasteiger partial charge in [0.1, 0.15) is 0 Å². The van der Waals surface area contributed by atoms with Crippen LogP contribution in [0.1, 0.15) is 30.4 Å². The first-order valence-corrected chi connectivity index (χ1v) is 6.60. The molecule has 0 bridgehead atoms. The van der Waals surface area contributed by atoms with Gasteiger partial charge in [-0.2, -0.15) is 13.2 Å². The molecule has 110 valence electrons. The Morgan fingerprint density at radius 2 is 2.10 bits per heavy atom. The van der Waals surface area contributed by atoms with E-state index >= 15 is 0 Å². The Kier molecular flexibility index (Phi) is 4.32. The fourth-order valence-electron chi connectivity index (χ4n) is 2.31. The molecule has 0 saturated carbocycles. The van der Waals surface area contributed by atoms with Gasteiger partial charge in [0.25, 0.3) is 0 Å². The zero-order chi connectivity index (χ0) is 14.8. The molecule has 20 heavy (non-hydrogen) atoms. The number of carbonyl (C=O) groups is 1. The molecule has 1 aliphatic rings. The van der Waals surface area contributed by atoms with E-state index in [4.69, 9.17) is 0 Å². The number of carbonyl (C=O) groups excluding carboxylic acids is 1. The molecule has 1 aromatic carbocycles. The van der Waals surface area contributed by atoms with Gasteiger partial charge >= 0.3 is 6.18 Å². The highest BCUT2D eigenvalue weighted by atomic mass is 19.4.